The summed E-state index contributed by atoms with van der Waals surface area (Å²) in [6.07, 6.45) is 6.47. The van der Waals surface area contributed by atoms with Gasteiger partial charge in [-0.25, -0.2) is 4.39 Å². The van der Waals surface area contributed by atoms with Gasteiger partial charge in [0.05, 0.1) is 44.8 Å². The van der Waals surface area contributed by atoms with Gasteiger partial charge in [0, 0.05) is 36.1 Å². The van der Waals surface area contributed by atoms with Crippen LogP contribution in [-0.4, -0.2) is 46.5 Å². The predicted octanol–water partition coefficient (Wildman–Crippen LogP) is 5.78. The first-order valence-electron chi connectivity index (χ1n) is 12.8. The third kappa shape index (κ3) is 5.74. The third-order valence-electron chi connectivity index (χ3n) is 6.41. The highest BCUT2D eigenvalue weighted by atomic mass is 19.1. The number of aromatic nitrogens is 4. The van der Waals surface area contributed by atoms with Crippen LogP contribution in [0.1, 0.15) is 28.5 Å². The van der Waals surface area contributed by atoms with Gasteiger partial charge in [-0.2, -0.15) is 5.10 Å². The Labute approximate surface area is 235 Å². The largest absolute Gasteiger partial charge is 0.493 e. The van der Waals surface area contributed by atoms with Crippen LogP contribution in [0.3, 0.4) is 0 Å². The Hall–Kier alpha value is -5.19. The van der Waals surface area contributed by atoms with Crippen LogP contribution in [0.5, 0.6) is 28.7 Å². The van der Waals surface area contributed by atoms with Crippen molar-refractivity contribution in [3.05, 3.63) is 89.9 Å². The average Bonchev–Trinajstić information content (AvgIpc) is 3.37. The standard InChI is InChI=1S/C30H28FN5O5/c1-5-40-28-16-34-36(17-19-15-32-10-8-18(19)2)29(28)30(37)35-23-7-6-20(12-22(23)31)41-25-9-11-33-24-14-27(39-4)26(38-3)13-21(24)25/h6-16H,5,17H2,1-4H3,(H,35,37). The molecule has 0 atom stereocenters. The number of fused-ring (bicyclic) bond motifs is 1. The zero-order valence-electron chi connectivity index (χ0n) is 23.0. The number of aryl methyl sites for hydroxylation is 1. The summed E-state index contributed by atoms with van der Waals surface area (Å²) < 4.78 is 39.1. The predicted molar refractivity (Wildman–Crippen MR) is 151 cm³/mol. The molecule has 0 bridgehead atoms. The Morgan fingerprint density at radius 3 is 2.51 bits per heavy atom. The minimum atomic E-state index is -0.680. The summed E-state index contributed by atoms with van der Waals surface area (Å²) in [6, 6.07) is 11.2. The Morgan fingerprint density at radius 1 is 0.976 bits per heavy atom. The fourth-order valence-corrected chi connectivity index (χ4v) is 4.31. The molecule has 1 amide bonds. The maximum absolute atomic E-state index is 15.2. The Kier molecular flexibility index (Phi) is 7.95. The Bertz CT molecular complexity index is 1720. The minimum absolute atomic E-state index is 0.0268. The van der Waals surface area contributed by atoms with E-state index in [2.05, 4.69) is 20.4 Å². The quantitative estimate of drug-likeness (QED) is 0.230. The second-order valence-corrected chi connectivity index (χ2v) is 8.98. The van der Waals surface area contributed by atoms with Crippen molar-refractivity contribution in [1.29, 1.82) is 0 Å². The van der Waals surface area contributed by atoms with Gasteiger partial charge in [0.2, 0.25) is 0 Å². The molecule has 3 heterocycles. The molecule has 10 nitrogen and oxygen atoms in total. The van der Waals surface area contributed by atoms with E-state index in [0.29, 0.717) is 47.1 Å². The molecule has 0 spiro atoms. The number of nitrogens with zero attached hydrogens (tertiary/aromatic N) is 4. The molecule has 5 rings (SSSR count). The molecule has 2 aromatic carbocycles. The number of anilines is 1. The first-order chi connectivity index (χ1) is 19.9. The van der Waals surface area contributed by atoms with E-state index in [-0.39, 0.29) is 17.1 Å². The van der Waals surface area contributed by atoms with Crippen molar-refractivity contribution in [2.45, 2.75) is 20.4 Å². The molecule has 3 aromatic heterocycles. The van der Waals surface area contributed by atoms with Crippen LogP contribution >= 0.6 is 0 Å². The number of amides is 1. The summed E-state index contributed by atoms with van der Waals surface area (Å²) >= 11 is 0. The molecule has 0 radical (unpaired) electrons. The van der Waals surface area contributed by atoms with E-state index in [1.165, 1.54) is 30.1 Å². The summed E-state index contributed by atoms with van der Waals surface area (Å²) in [5.74, 6) is 0.759. The van der Waals surface area contributed by atoms with Crippen molar-refractivity contribution in [2.75, 3.05) is 26.1 Å². The lowest BCUT2D eigenvalue weighted by molar-refractivity contribution is 0.101. The van der Waals surface area contributed by atoms with Gasteiger partial charge in [0.15, 0.2) is 22.9 Å². The van der Waals surface area contributed by atoms with E-state index in [9.17, 15) is 4.79 Å². The number of benzene rings is 2. The highest BCUT2D eigenvalue weighted by Gasteiger charge is 2.22. The van der Waals surface area contributed by atoms with Gasteiger partial charge < -0.3 is 24.3 Å². The van der Waals surface area contributed by atoms with Crippen LogP contribution in [0, 0.1) is 12.7 Å². The lowest BCUT2D eigenvalue weighted by atomic mass is 10.1. The number of carbonyl (C=O) groups excluding carboxylic acids is 1. The summed E-state index contributed by atoms with van der Waals surface area (Å²) in [7, 11) is 3.08. The van der Waals surface area contributed by atoms with Gasteiger partial charge in [-0.1, -0.05) is 0 Å². The molecular weight excluding hydrogens is 529 g/mol. The van der Waals surface area contributed by atoms with E-state index in [4.69, 9.17) is 18.9 Å². The second kappa shape index (κ2) is 11.9. The van der Waals surface area contributed by atoms with Crippen molar-refractivity contribution in [2.24, 2.45) is 0 Å². The highest BCUT2D eigenvalue weighted by Crippen LogP contribution is 2.37. The van der Waals surface area contributed by atoms with Crippen molar-refractivity contribution in [1.82, 2.24) is 19.7 Å². The number of hydrogen-bond donors (Lipinski definition) is 1. The Balaban J connectivity index is 1.39. The number of pyridine rings is 2. The zero-order chi connectivity index (χ0) is 28.9. The van der Waals surface area contributed by atoms with Crippen LogP contribution < -0.4 is 24.3 Å². The molecule has 5 aromatic rings. The van der Waals surface area contributed by atoms with Crippen molar-refractivity contribution in [3.8, 4) is 28.7 Å². The first-order valence-corrected chi connectivity index (χ1v) is 12.8. The topological polar surface area (TPSA) is 110 Å². The molecule has 1 N–H and O–H groups in total. The fraction of sp³-hybridized carbons (Fsp3) is 0.200. The summed E-state index contributed by atoms with van der Waals surface area (Å²) in [5, 5.41) is 7.62. The van der Waals surface area contributed by atoms with E-state index >= 15 is 4.39 Å². The number of rotatable bonds is 10. The highest BCUT2D eigenvalue weighted by molar-refractivity contribution is 6.05. The van der Waals surface area contributed by atoms with E-state index in [0.717, 1.165) is 11.1 Å². The van der Waals surface area contributed by atoms with Gasteiger partial charge in [-0.3, -0.25) is 19.4 Å². The van der Waals surface area contributed by atoms with Gasteiger partial charge in [-0.05, 0) is 55.3 Å². The third-order valence-corrected chi connectivity index (χ3v) is 6.41. The minimum Gasteiger partial charge on any atom is -0.493 e. The number of carbonyl (C=O) groups is 1. The molecule has 0 unspecified atom stereocenters. The van der Waals surface area contributed by atoms with E-state index < -0.39 is 11.7 Å². The maximum Gasteiger partial charge on any atom is 0.277 e. The molecule has 210 valence electrons. The molecule has 0 aliphatic heterocycles. The van der Waals surface area contributed by atoms with Gasteiger partial charge in [0.25, 0.3) is 5.91 Å². The average molecular weight is 558 g/mol. The van der Waals surface area contributed by atoms with E-state index in [1.807, 2.05) is 13.0 Å². The van der Waals surface area contributed by atoms with Gasteiger partial charge in [-0.15, -0.1) is 0 Å². The molecule has 0 aliphatic carbocycles. The van der Waals surface area contributed by atoms with E-state index in [1.54, 1.807) is 56.9 Å². The number of halogens is 1. The van der Waals surface area contributed by atoms with Crippen molar-refractivity contribution >= 4 is 22.5 Å². The summed E-state index contributed by atoms with van der Waals surface area (Å²) in [4.78, 5) is 21.9. The molecule has 0 saturated carbocycles. The van der Waals surface area contributed by atoms with Crippen LogP contribution in [0.4, 0.5) is 10.1 Å². The zero-order valence-corrected chi connectivity index (χ0v) is 23.0. The SMILES string of the molecule is CCOc1cnn(Cc2cnccc2C)c1C(=O)Nc1ccc(Oc2ccnc3cc(OC)c(OC)cc23)cc1F. The van der Waals surface area contributed by atoms with Crippen LogP contribution in [0.15, 0.2) is 67.3 Å². The number of nitrogens with one attached hydrogen (secondary N) is 1. The maximum atomic E-state index is 15.2. The summed E-state index contributed by atoms with van der Waals surface area (Å²) in [6.45, 7) is 4.38. The second-order valence-electron chi connectivity index (χ2n) is 8.98. The molecule has 11 heteroatoms. The Morgan fingerprint density at radius 2 is 1.78 bits per heavy atom. The molecule has 41 heavy (non-hydrogen) atoms. The number of methoxy groups -OCH3 is 2. The van der Waals surface area contributed by atoms with Crippen molar-refractivity contribution < 1.29 is 28.1 Å². The van der Waals surface area contributed by atoms with Crippen LogP contribution in [0.25, 0.3) is 10.9 Å². The number of ether oxygens (including phenoxy) is 4. The summed E-state index contributed by atoms with van der Waals surface area (Å²) in [5.41, 5.74) is 2.65. The fourth-order valence-electron chi connectivity index (χ4n) is 4.31. The lowest BCUT2D eigenvalue weighted by Crippen LogP contribution is -2.20. The van der Waals surface area contributed by atoms with Gasteiger partial charge in [0.1, 0.15) is 17.3 Å². The number of hydrogen-bond acceptors (Lipinski definition) is 8. The van der Waals surface area contributed by atoms with Crippen LogP contribution in [-0.2, 0) is 6.54 Å². The van der Waals surface area contributed by atoms with Crippen molar-refractivity contribution in [3.63, 3.8) is 0 Å². The monoisotopic (exact) mass is 557 g/mol. The smallest absolute Gasteiger partial charge is 0.277 e. The normalized spacial score (nSPS) is 10.9. The van der Waals surface area contributed by atoms with Crippen LogP contribution in [0.2, 0.25) is 0 Å². The van der Waals surface area contributed by atoms with Gasteiger partial charge >= 0.3 is 0 Å². The lowest BCUT2D eigenvalue weighted by Gasteiger charge is -2.14. The molecular formula is C30H28FN5O5. The molecule has 0 saturated heterocycles. The molecule has 0 aliphatic rings. The molecule has 0 fully saturated rings. The first kappa shape index (κ1) is 27.4.